The van der Waals surface area contributed by atoms with E-state index in [1.165, 1.54) is 0 Å². The molecule has 18 heavy (non-hydrogen) atoms. The fraction of sp³-hybridized carbons (Fsp3) is 0.143. The van der Waals surface area contributed by atoms with E-state index in [-0.39, 0.29) is 5.69 Å². The predicted octanol–water partition coefficient (Wildman–Crippen LogP) is 2.45. The summed E-state index contributed by atoms with van der Waals surface area (Å²) in [7, 11) is 0. The number of nitrogens with one attached hydrogen (secondary N) is 2. The first-order valence-electron chi connectivity index (χ1n) is 5.63. The van der Waals surface area contributed by atoms with Gasteiger partial charge in [0.25, 0.3) is 11.7 Å². The standard InChI is InChI=1S/C14H14N2O2/c1-9-6-10(2)8-11(7-9)16-14(18)13(17)12-4-3-5-15-12/h3-8,15H,1-2H3,(H,16,18). The van der Waals surface area contributed by atoms with Crippen molar-refractivity contribution in [1.82, 2.24) is 4.98 Å². The lowest BCUT2D eigenvalue weighted by Gasteiger charge is -2.06. The van der Waals surface area contributed by atoms with Crippen LogP contribution in [0, 0.1) is 13.8 Å². The number of amides is 1. The van der Waals surface area contributed by atoms with E-state index in [9.17, 15) is 9.59 Å². The van der Waals surface area contributed by atoms with E-state index in [0.717, 1.165) is 11.1 Å². The second kappa shape index (κ2) is 4.87. The van der Waals surface area contributed by atoms with Gasteiger partial charge in [-0.2, -0.15) is 0 Å². The van der Waals surface area contributed by atoms with Gasteiger partial charge >= 0.3 is 0 Å². The lowest BCUT2D eigenvalue weighted by atomic mass is 10.1. The summed E-state index contributed by atoms with van der Waals surface area (Å²) >= 11 is 0. The zero-order valence-electron chi connectivity index (χ0n) is 10.3. The number of aryl methyl sites for hydroxylation is 2. The van der Waals surface area contributed by atoms with Crippen LogP contribution in [0.15, 0.2) is 36.5 Å². The molecule has 0 aliphatic rings. The van der Waals surface area contributed by atoms with E-state index in [0.29, 0.717) is 5.69 Å². The van der Waals surface area contributed by atoms with Crippen molar-refractivity contribution in [2.75, 3.05) is 5.32 Å². The number of Topliss-reactive ketones (excluding diaryl/α,β-unsaturated/α-hetero) is 1. The maximum absolute atomic E-state index is 11.8. The van der Waals surface area contributed by atoms with E-state index in [1.54, 1.807) is 18.3 Å². The van der Waals surface area contributed by atoms with Gasteiger partial charge in [-0.05, 0) is 49.2 Å². The van der Waals surface area contributed by atoms with Crippen LogP contribution in [-0.4, -0.2) is 16.7 Å². The molecule has 1 heterocycles. The second-order valence-corrected chi connectivity index (χ2v) is 4.24. The smallest absolute Gasteiger partial charge is 0.298 e. The van der Waals surface area contributed by atoms with Gasteiger partial charge in [0.2, 0.25) is 0 Å². The number of benzene rings is 1. The molecule has 4 nitrogen and oxygen atoms in total. The molecule has 4 heteroatoms. The summed E-state index contributed by atoms with van der Waals surface area (Å²) in [5.41, 5.74) is 3.00. The number of rotatable bonds is 3. The van der Waals surface area contributed by atoms with Crippen molar-refractivity contribution < 1.29 is 9.59 Å². The molecule has 0 unspecified atom stereocenters. The largest absolute Gasteiger partial charge is 0.358 e. The Kier molecular flexibility index (Phi) is 3.28. The summed E-state index contributed by atoms with van der Waals surface area (Å²) in [6.45, 7) is 3.88. The van der Waals surface area contributed by atoms with Gasteiger partial charge in [0.15, 0.2) is 0 Å². The molecule has 0 saturated heterocycles. The maximum atomic E-state index is 11.8. The van der Waals surface area contributed by atoms with Crippen LogP contribution in [0.3, 0.4) is 0 Å². The van der Waals surface area contributed by atoms with E-state index < -0.39 is 11.7 Å². The minimum Gasteiger partial charge on any atom is -0.358 e. The molecule has 1 aromatic carbocycles. The highest BCUT2D eigenvalue weighted by atomic mass is 16.2. The number of carbonyl (C=O) groups excluding carboxylic acids is 2. The summed E-state index contributed by atoms with van der Waals surface area (Å²) in [4.78, 5) is 26.2. The van der Waals surface area contributed by atoms with Crippen LogP contribution in [-0.2, 0) is 4.79 Å². The highest BCUT2D eigenvalue weighted by Crippen LogP contribution is 2.14. The molecule has 0 aliphatic heterocycles. The summed E-state index contributed by atoms with van der Waals surface area (Å²) in [5.74, 6) is -1.21. The third kappa shape index (κ3) is 2.66. The molecule has 0 saturated carbocycles. The molecule has 0 bridgehead atoms. The zero-order valence-corrected chi connectivity index (χ0v) is 10.3. The first kappa shape index (κ1) is 12.1. The monoisotopic (exact) mass is 242 g/mol. The molecule has 0 atom stereocenters. The molecule has 0 fully saturated rings. The zero-order chi connectivity index (χ0) is 13.1. The van der Waals surface area contributed by atoms with Crippen LogP contribution < -0.4 is 5.32 Å². The Hall–Kier alpha value is -2.36. The Morgan fingerprint density at radius 3 is 2.33 bits per heavy atom. The molecule has 92 valence electrons. The molecular formula is C14H14N2O2. The first-order chi connectivity index (χ1) is 8.56. The molecule has 2 N–H and O–H groups in total. The summed E-state index contributed by atoms with van der Waals surface area (Å²) < 4.78 is 0. The van der Waals surface area contributed by atoms with Gasteiger partial charge in [0, 0.05) is 11.9 Å². The van der Waals surface area contributed by atoms with Gasteiger partial charge in [-0.3, -0.25) is 9.59 Å². The van der Waals surface area contributed by atoms with Crippen LogP contribution in [0.2, 0.25) is 0 Å². The van der Waals surface area contributed by atoms with Crippen LogP contribution in [0.4, 0.5) is 5.69 Å². The summed E-state index contributed by atoms with van der Waals surface area (Å²) in [6, 6.07) is 8.91. The fourth-order valence-electron chi connectivity index (χ4n) is 1.83. The van der Waals surface area contributed by atoms with E-state index >= 15 is 0 Å². The Bertz CT molecular complexity index is 566. The minimum atomic E-state index is -0.637. The van der Waals surface area contributed by atoms with Crippen LogP contribution in [0.5, 0.6) is 0 Å². The van der Waals surface area contributed by atoms with Crippen LogP contribution >= 0.6 is 0 Å². The summed E-state index contributed by atoms with van der Waals surface area (Å²) in [6.07, 6.45) is 1.61. The maximum Gasteiger partial charge on any atom is 0.298 e. The lowest BCUT2D eigenvalue weighted by molar-refractivity contribution is -0.112. The van der Waals surface area contributed by atoms with Gasteiger partial charge in [0.05, 0.1) is 5.69 Å². The number of ketones is 1. The Morgan fingerprint density at radius 1 is 1.11 bits per heavy atom. The fourth-order valence-corrected chi connectivity index (χ4v) is 1.83. The Balaban J connectivity index is 2.14. The van der Waals surface area contributed by atoms with Crippen molar-refractivity contribution in [3.8, 4) is 0 Å². The first-order valence-corrected chi connectivity index (χ1v) is 5.63. The van der Waals surface area contributed by atoms with E-state index in [2.05, 4.69) is 10.3 Å². The average molecular weight is 242 g/mol. The topological polar surface area (TPSA) is 62.0 Å². The molecule has 2 aromatic rings. The third-order valence-electron chi connectivity index (χ3n) is 2.53. The highest BCUT2D eigenvalue weighted by Gasteiger charge is 2.16. The highest BCUT2D eigenvalue weighted by molar-refractivity contribution is 6.46. The molecule has 0 aliphatic carbocycles. The van der Waals surface area contributed by atoms with Gasteiger partial charge < -0.3 is 10.3 Å². The van der Waals surface area contributed by atoms with Crippen molar-refractivity contribution in [2.24, 2.45) is 0 Å². The molecular weight excluding hydrogens is 228 g/mol. The number of hydrogen-bond acceptors (Lipinski definition) is 2. The molecule has 1 amide bonds. The van der Waals surface area contributed by atoms with E-state index in [1.807, 2.05) is 32.0 Å². The van der Waals surface area contributed by atoms with Gasteiger partial charge in [-0.1, -0.05) is 6.07 Å². The SMILES string of the molecule is Cc1cc(C)cc(NC(=O)C(=O)c2ccc[nH]2)c1. The summed E-state index contributed by atoms with van der Waals surface area (Å²) in [5, 5.41) is 2.60. The minimum absolute atomic E-state index is 0.289. The number of anilines is 1. The molecule has 0 radical (unpaired) electrons. The number of carbonyl (C=O) groups is 2. The predicted molar refractivity (Wildman–Crippen MR) is 69.7 cm³/mol. The Labute approximate surface area is 105 Å². The second-order valence-electron chi connectivity index (χ2n) is 4.24. The molecule has 0 spiro atoms. The van der Waals surface area contributed by atoms with Gasteiger partial charge in [-0.25, -0.2) is 0 Å². The van der Waals surface area contributed by atoms with Crippen molar-refractivity contribution in [3.05, 3.63) is 53.3 Å². The van der Waals surface area contributed by atoms with Gasteiger partial charge in [-0.15, -0.1) is 0 Å². The lowest BCUT2D eigenvalue weighted by Crippen LogP contribution is -2.23. The third-order valence-corrected chi connectivity index (χ3v) is 2.53. The van der Waals surface area contributed by atoms with Crippen LogP contribution in [0.25, 0.3) is 0 Å². The Morgan fingerprint density at radius 2 is 1.78 bits per heavy atom. The quantitative estimate of drug-likeness (QED) is 0.641. The van der Waals surface area contributed by atoms with Gasteiger partial charge in [0.1, 0.15) is 0 Å². The van der Waals surface area contributed by atoms with Crippen LogP contribution in [0.1, 0.15) is 21.6 Å². The van der Waals surface area contributed by atoms with Crippen molar-refractivity contribution >= 4 is 17.4 Å². The normalized spacial score (nSPS) is 10.1. The number of hydrogen-bond donors (Lipinski definition) is 2. The van der Waals surface area contributed by atoms with E-state index in [4.69, 9.17) is 0 Å². The molecule has 2 rings (SSSR count). The number of aromatic amines is 1. The van der Waals surface area contributed by atoms with Crippen molar-refractivity contribution in [2.45, 2.75) is 13.8 Å². The van der Waals surface area contributed by atoms with Crippen molar-refractivity contribution in [3.63, 3.8) is 0 Å². The average Bonchev–Trinajstić information content (AvgIpc) is 2.79. The van der Waals surface area contributed by atoms with Crippen molar-refractivity contribution in [1.29, 1.82) is 0 Å². The number of H-pyrrole nitrogens is 1. The molecule has 1 aromatic heterocycles. The number of aromatic nitrogens is 1.